The smallest absolute Gasteiger partial charge is 0.135 e. The molecular formula is C15H24NO3+. The molecule has 4 nitrogen and oxygen atoms in total. The SMILES string of the molecule is CCOc1ccc([C@](C)(O)C[NH+]2CCOCC2)cc1. The zero-order chi connectivity index (χ0) is 13.7. The largest absolute Gasteiger partial charge is 0.494 e. The van der Waals surface area contributed by atoms with Crippen LogP contribution in [0.1, 0.15) is 19.4 Å². The molecule has 2 N–H and O–H groups in total. The van der Waals surface area contributed by atoms with Crippen LogP contribution < -0.4 is 9.64 Å². The van der Waals surface area contributed by atoms with Crippen molar-refractivity contribution in [1.82, 2.24) is 0 Å². The van der Waals surface area contributed by atoms with Crippen molar-refractivity contribution in [3.63, 3.8) is 0 Å². The molecule has 1 aromatic carbocycles. The molecule has 2 rings (SSSR count). The van der Waals surface area contributed by atoms with Crippen LogP contribution in [0.15, 0.2) is 24.3 Å². The molecule has 0 aromatic heterocycles. The van der Waals surface area contributed by atoms with Crippen molar-refractivity contribution < 1.29 is 19.5 Å². The third kappa shape index (κ3) is 3.93. The standard InChI is InChI=1S/C15H23NO3/c1-3-19-14-6-4-13(5-7-14)15(2,17)12-16-8-10-18-11-9-16/h4-7,17H,3,8-12H2,1-2H3/p+1/t15-/m1/s1. The van der Waals surface area contributed by atoms with Gasteiger partial charge in [0.1, 0.15) is 31.0 Å². The van der Waals surface area contributed by atoms with Crippen LogP contribution in [0.3, 0.4) is 0 Å². The molecule has 1 fully saturated rings. The fraction of sp³-hybridized carbons (Fsp3) is 0.600. The van der Waals surface area contributed by atoms with Gasteiger partial charge in [0, 0.05) is 0 Å². The van der Waals surface area contributed by atoms with E-state index in [1.807, 2.05) is 38.1 Å². The van der Waals surface area contributed by atoms with Crippen LogP contribution in [-0.4, -0.2) is 44.6 Å². The highest BCUT2D eigenvalue weighted by atomic mass is 16.5. The van der Waals surface area contributed by atoms with Gasteiger partial charge in [0.25, 0.3) is 0 Å². The van der Waals surface area contributed by atoms with E-state index in [0.29, 0.717) is 13.2 Å². The van der Waals surface area contributed by atoms with Crippen molar-refractivity contribution >= 4 is 0 Å². The van der Waals surface area contributed by atoms with Crippen LogP contribution in [0, 0.1) is 0 Å². The second-order valence-electron chi connectivity index (χ2n) is 5.27. The zero-order valence-electron chi connectivity index (χ0n) is 11.8. The Hall–Kier alpha value is -1.10. The number of hydrogen-bond acceptors (Lipinski definition) is 3. The topological polar surface area (TPSA) is 43.1 Å². The predicted octanol–water partition coefficient (Wildman–Crippen LogP) is 0.208. The van der Waals surface area contributed by atoms with E-state index < -0.39 is 5.60 Å². The summed E-state index contributed by atoms with van der Waals surface area (Å²) >= 11 is 0. The number of aliphatic hydroxyl groups is 1. The molecular weight excluding hydrogens is 242 g/mol. The molecule has 1 saturated heterocycles. The van der Waals surface area contributed by atoms with Gasteiger partial charge in [0.05, 0.1) is 19.8 Å². The molecule has 1 aromatic rings. The van der Waals surface area contributed by atoms with Gasteiger partial charge < -0.3 is 19.5 Å². The summed E-state index contributed by atoms with van der Waals surface area (Å²) in [5.74, 6) is 0.848. The Morgan fingerprint density at radius 1 is 1.26 bits per heavy atom. The molecule has 0 unspecified atom stereocenters. The molecule has 0 amide bonds. The summed E-state index contributed by atoms with van der Waals surface area (Å²) in [6.45, 7) is 8.72. The van der Waals surface area contributed by atoms with Gasteiger partial charge in [0.15, 0.2) is 0 Å². The average molecular weight is 266 g/mol. The maximum Gasteiger partial charge on any atom is 0.135 e. The van der Waals surface area contributed by atoms with Gasteiger partial charge in [-0.2, -0.15) is 0 Å². The normalized spacial score (nSPS) is 19.9. The van der Waals surface area contributed by atoms with Gasteiger partial charge >= 0.3 is 0 Å². The minimum Gasteiger partial charge on any atom is -0.494 e. The third-order valence-corrected chi connectivity index (χ3v) is 3.58. The molecule has 1 aliphatic rings. The van der Waals surface area contributed by atoms with Gasteiger partial charge in [-0.05, 0) is 31.5 Å². The lowest BCUT2D eigenvalue weighted by Gasteiger charge is -2.31. The van der Waals surface area contributed by atoms with Crippen molar-refractivity contribution in [2.75, 3.05) is 39.5 Å². The lowest BCUT2D eigenvalue weighted by atomic mass is 9.95. The van der Waals surface area contributed by atoms with Crippen LogP contribution in [0.25, 0.3) is 0 Å². The van der Waals surface area contributed by atoms with E-state index in [1.165, 1.54) is 4.90 Å². The first-order valence-corrected chi connectivity index (χ1v) is 6.99. The molecule has 19 heavy (non-hydrogen) atoms. The first kappa shape index (κ1) is 14.3. The van der Waals surface area contributed by atoms with Crippen LogP contribution in [-0.2, 0) is 10.3 Å². The summed E-state index contributed by atoms with van der Waals surface area (Å²) in [4.78, 5) is 1.39. The van der Waals surface area contributed by atoms with Gasteiger partial charge in [0.2, 0.25) is 0 Å². The van der Waals surface area contributed by atoms with Gasteiger partial charge in [-0.1, -0.05) is 12.1 Å². The summed E-state index contributed by atoms with van der Waals surface area (Å²) < 4.78 is 10.8. The molecule has 0 bridgehead atoms. The minimum absolute atomic E-state index is 0.660. The molecule has 0 radical (unpaired) electrons. The van der Waals surface area contributed by atoms with E-state index in [0.717, 1.165) is 37.6 Å². The summed E-state index contributed by atoms with van der Waals surface area (Å²) in [5, 5.41) is 10.7. The fourth-order valence-electron chi connectivity index (χ4n) is 2.50. The molecule has 1 aliphatic heterocycles. The number of hydrogen-bond donors (Lipinski definition) is 2. The number of morpholine rings is 1. The molecule has 106 valence electrons. The molecule has 4 heteroatoms. The lowest BCUT2D eigenvalue weighted by Crippen LogP contribution is -3.15. The molecule has 0 saturated carbocycles. The van der Waals surface area contributed by atoms with Gasteiger partial charge in [-0.25, -0.2) is 0 Å². The highest BCUT2D eigenvalue weighted by Gasteiger charge is 2.30. The zero-order valence-corrected chi connectivity index (χ0v) is 11.8. The highest BCUT2D eigenvalue weighted by molar-refractivity contribution is 5.30. The fourth-order valence-corrected chi connectivity index (χ4v) is 2.50. The predicted molar refractivity (Wildman–Crippen MR) is 73.6 cm³/mol. The highest BCUT2D eigenvalue weighted by Crippen LogP contribution is 2.22. The van der Waals surface area contributed by atoms with Crippen molar-refractivity contribution in [2.45, 2.75) is 19.4 Å². The van der Waals surface area contributed by atoms with E-state index in [2.05, 4.69) is 0 Å². The van der Waals surface area contributed by atoms with Crippen LogP contribution in [0.2, 0.25) is 0 Å². The van der Waals surface area contributed by atoms with Gasteiger partial charge in [-0.3, -0.25) is 0 Å². The Balaban J connectivity index is 2.00. The Kier molecular flexibility index (Phi) is 4.80. The lowest BCUT2D eigenvalue weighted by molar-refractivity contribution is -0.915. The van der Waals surface area contributed by atoms with E-state index in [-0.39, 0.29) is 0 Å². The molecule has 1 atom stereocenters. The van der Waals surface area contributed by atoms with E-state index >= 15 is 0 Å². The first-order chi connectivity index (χ1) is 9.12. The Labute approximate surface area is 114 Å². The number of nitrogens with one attached hydrogen (secondary N) is 1. The quantitative estimate of drug-likeness (QED) is 0.800. The number of rotatable bonds is 5. The first-order valence-electron chi connectivity index (χ1n) is 6.99. The molecule has 0 aliphatic carbocycles. The summed E-state index contributed by atoms with van der Waals surface area (Å²) in [7, 11) is 0. The second kappa shape index (κ2) is 6.37. The number of ether oxygens (including phenoxy) is 2. The van der Waals surface area contributed by atoms with Crippen molar-refractivity contribution in [3.05, 3.63) is 29.8 Å². The third-order valence-electron chi connectivity index (χ3n) is 3.58. The van der Waals surface area contributed by atoms with E-state index in [4.69, 9.17) is 9.47 Å². The van der Waals surface area contributed by atoms with Crippen molar-refractivity contribution in [2.24, 2.45) is 0 Å². The average Bonchev–Trinajstić information content (AvgIpc) is 2.40. The maximum atomic E-state index is 10.7. The summed E-state index contributed by atoms with van der Waals surface area (Å²) in [6.07, 6.45) is 0. The van der Waals surface area contributed by atoms with E-state index in [1.54, 1.807) is 0 Å². The summed E-state index contributed by atoms with van der Waals surface area (Å²) in [5.41, 5.74) is 0.132. The Bertz CT molecular complexity index is 383. The van der Waals surface area contributed by atoms with Crippen LogP contribution in [0.5, 0.6) is 5.75 Å². The van der Waals surface area contributed by atoms with Gasteiger partial charge in [-0.15, -0.1) is 0 Å². The minimum atomic E-state index is -0.808. The maximum absolute atomic E-state index is 10.7. The monoisotopic (exact) mass is 266 g/mol. The second-order valence-corrected chi connectivity index (χ2v) is 5.27. The van der Waals surface area contributed by atoms with Crippen molar-refractivity contribution in [3.8, 4) is 5.75 Å². The Morgan fingerprint density at radius 3 is 2.47 bits per heavy atom. The molecule has 0 spiro atoms. The van der Waals surface area contributed by atoms with Crippen LogP contribution >= 0.6 is 0 Å². The summed E-state index contributed by atoms with van der Waals surface area (Å²) in [6, 6.07) is 7.74. The number of benzene rings is 1. The molecule has 1 heterocycles. The van der Waals surface area contributed by atoms with E-state index in [9.17, 15) is 5.11 Å². The Morgan fingerprint density at radius 2 is 1.89 bits per heavy atom. The van der Waals surface area contributed by atoms with Crippen molar-refractivity contribution in [1.29, 1.82) is 0 Å². The number of quaternary nitrogens is 1. The van der Waals surface area contributed by atoms with Crippen LogP contribution in [0.4, 0.5) is 0 Å².